The number of aryl methyl sites for hydroxylation is 1. The Hall–Kier alpha value is -1.68. The van der Waals surface area contributed by atoms with Crippen molar-refractivity contribution in [3.63, 3.8) is 0 Å². The molecule has 1 aromatic heterocycles. The summed E-state index contributed by atoms with van der Waals surface area (Å²) >= 11 is 0. The first-order chi connectivity index (χ1) is 9.29. The van der Waals surface area contributed by atoms with Gasteiger partial charge in [0.15, 0.2) is 0 Å². The summed E-state index contributed by atoms with van der Waals surface area (Å²) in [5, 5.41) is 8.78. The molecule has 2 atom stereocenters. The molecule has 0 aliphatic carbocycles. The summed E-state index contributed by atoms with van der Waals surface area (Å²) in [5.41, 5.74) is 7.39. The fraction of sp³-hybridized carbons (Fsp3) is 0.467. The third kappa shape index (κ3) is 2.28. The predicted molar refractivity (Wildman–Crippen MR) is 74.9 cm³/mol. The van der Waals surface area contributed by atoms with Crippen LogP contribution in [0, 0.1) is 0 Å². The first kappa shape index (κ1) is 12.4. The number of aromatic nitrogens is 3. The third-order valence-corrected chi connectivity index (χ3v) is 3.93. The maximum atomic E-state index is 6.08. The van der Waals surface area contributed by atoms with Gasteiger partial charge < -0.3 is 10.3 Å². The summed E-state index contributed by atoms with van der Waals surface area (Å²) in [5.74, 6) is 2.47. The average Bonchev–Trinajstić information content (AvgIpc) is 2.84. The second kappa shape index (κ2) is 5.13. The molecular formula is C15H20N4. The second-order valence-corrected chi connectivity index (χ2v) is 5.26. The molecule has 2 unspecified atom stereocenters. The SMILES string of the molecule is CCC(c1ccccc1)c1nnc2n1CC(N)CC2. The van der Waals surface area contributed by atoms with Gasteiger partial charge in [-0.3, -0.25) is 0 Å². The number of nitrogens with zero attached hydrogens (tertiary/aromatic N) is 3. The minimum absolute atomic E-state index is 0.232. The molecule has 0 saturated carbocycles. The zero-order valence-electron chi connectivity index (χ0n) is 11.3. The van der Waals surface area contributed by atoms with Crippen LogP contribution in [0.3, 0.4) is 0 Å². The Balaban J connectivity index is 1.99. The average molecular weight is 256 g/mol. The van der Waals surface area contributed by atoms with Crippen molar-refractivity contribution in [1.82, 2.24) is 14.8 Å². The predicted octanol–water partition coefficient (Wildman–Crippen LogP) is 2.09. The molecule has 0 bridgehead atoms. The van der Waals surface area contributed by atoms with Crippen molar-refractivity contribution in [2.45, 2.75) is 44.7 Å². The molecule has 1 aliphatic rings. The lowest BCUT2D eigenvalue weighted by atomic mass is 9.95. The fourth-order valence-electron chi connectivity index (χ4n) is 2.88. The lowest BCUT2D eigenvalue weighted by molar-refractivity contribution is 0.437. The highest BCUT2D eigenvalue weighted by atomic mass is 15.3. The van der Waals surface area contributed by atoms with Crippen molar-refractivity contribution in [1.29, 1.82) is 0 Å². The summed E-state index contributed by atoms with van der Waals surface area (Å²) < 4.78 is 2.23. The largest absolute Gasteiger partial charge is 0.326 e. The topological polar surface area (TPSA) is 56.7 Å². The second-order valence-electron chi connectivity index (χ2n) is 5.26. The van der Waals surface area contributed by atoms with E-state index >= 15 is 0 Å². The molecule has 2 N–H and O–H groups in total. The molecule has 19 heavy (non-hydrogen) atoms. The van der Waals surface area contributed by atoms with Crippen molar-refractivity contribution in [3.05, 3.63) is 47.5 Å². The van der Waals surface area contributed by atoms with Crippen LogP contribution in [0.5, 0.6) is 0 Å². The Bertz CT molecular complexity index is 547. The van der Waals surface area contributed by atoms with Crippen LogP contribution in [0.2, 0.25) is 0 Å². The van der Waals surface area contributed by atoms with E-state index in [1.807, 2.05) is 6.07 Å². The van der Waals surface area contributed by atoms with E-state index in [1.165, 1.54) is 5.56 Å². The maximum Gasteiger partial charge on any atom is 0.140 e. The lowest BCUT2D eigenvalue weighted by Gasteiger charge is -2.23. The van der Waals surface area contributed by atoms with Crippen LogP contribution < -0.4 is 5.73 Å². The summed E-state index contributed by atoms with van der Waals surface area (Å²) in [6.07, 6.45) is 2.98. The van der Waals surface area contributed by atoms with Crippen LogP contribution in [-0.4, -0.2) is 20.8 Å². The van der Waals surface area contributed by atoms with Gasteiger partial charge in [-0.05, 0) is 18.4 Å². The van der Waals surface area contributed by atoms with E-state index in [9.17, 15) is 0 Å². The van der Waals surface area contributed by atoms with Crippen molar-refractivity contribution >= 4 is 0 Å². The van der Waals surface area contributed by atoms with Crippen molar-refractivity contribution in [2.75, 3.05) is 0 Å². The Labute approximate surface area is 113 Å². The first-order valence-electron chi connectivity index (χ1n) is 7.02. The smallest absolute Gasteiger partial charge is 0.140 e. The molecule has 1 aliphatic heterocycles. The minimum atomic E-state index is 0.232. The Morgan fingerprint density at radius 3 is 2.84 bits per heavy atom. The van der Waals surface area contributed by atoms with E-state index in [0.717, 1.165) is 37.5 Å². The molecule has 0 spiro atoms. The number of nitrogens with two attached hydrogens (primary N) is 1. The highest BCUT2D eigenvalue weighted by molar-refractivity contribution is 5.26. The van der Waals surface area contributed by atoms with Crippen LogP contribution in [0.25, 0.3) is 0 Å². The van der Waals surface area contributed by atoms with Crippen molar-refractivity contribution in [3.8, 4) is 0 Å². The summed E-state index contributed by atoms with van der Waals surface area (Å²) in [6.45, 7) is 3.04. The molecule has 4 heteroatoms. The molecular weight excluding hydrogens is 236 g/mol. The highest BCUT2D eigenvalue weighted by Crippen LogP contribution is 2.28. The molecule has 0 amide bonds. The number of fused-ring (bicyclic) bond motifs is 1. The zero-order chi connectivity index (χ0) is 13.2. The Morgan fingerprint density at radius 1 is 1.32 bits per heavy atom. The summed E-state index contributed by atoms with van der Waals surface area (Å²) in [4.78, 5) is 0. The normalized spacial score (nSPS) is 20.0. The quantitative estimate of drug-likeness (QED) is 0.915. The first-order valence-corrected chi connectivity index (χ1v) is 7.02. The molecule has 0 saturated heterocycles. The van der Waals surface area contributed by atoms with Gasteiger partial charge in [0.05, 0.1) is 0 Å². The molecule has 0 fully saturated rings. The van der Waals surface area contributed by atoms with Gasteiger partial charge in [0.1, 0.15) is 11.6 Å². The van der Waals surface area contributed by atoms with Gasteiger partial charge >= 0.3 is 0 Å². The van der Waals surface area contributed by atoms with Crippen LogP contribution in [-0.2, 0) is 13.0 Å². The minimum Gasteiger partial charge on any atom is -0.326 e. The van der Waals surface area contributed by atoms with Crippen LogP contribution in [0.4, 0.5) is 0 Å². The van der Waals surface area contributed by atoms with Gasteiger partial charge in [0, 0.05) is 24.9 Å². The molecule has 3 rings (SSSR count). The fourth-order valence-corrected chi connectivity index (χ4v) is 2.88. The van der Waals surface area contributed by atoms with E-state index in [0.29, 0.717) is 5.92 Å². The molecule has 2 aromatic rings. The monoisotopic (exact) mass is 256 g/mol. The van der Waals surface area contributed by atoms with E-state index < -0.39 is 0 Å². The van der Waals surface area contributed by atoms with Gasteiger partial charge in [0.2, 0.25) is 0 Å². The van der Waals surface area contributed by atoms with Gasteiger partial charge in [-0.2, -0.15) is 0 Å². The number of hydrogen-bond donors (Lipinski definition) is 1. The van der Waals surface area contributed by atoms with Gasteiger partial charge in [-0.15, -0.1) is 10.2 Å². The molecule has 2 heterocycles. The molecule has 4 nitrogen and oxygen atoms in total. The lowest BCUT2D eigenvalue weighted by Crippen LogP contribution is -2.33. The van der Waals surface area contributed by atoms with Crippen LogP contribution in [0.1, 0.15) is 42.9 Å². The van der Waals surface area contributed by atoms with Crippen LogP contribution in [0.15, 0.2) is 30.3 Å². The summed E-state index contributed by atoms with van der Waals surface area (Å²) in [7, 11) is 0. The molecule has 100 valence electrons. The molecule has 0 radical (unpaired) electrons. The van der Waals surface area contributed by atoms with Crippen LogP contribution >= 0.6 is 0 Å². The zero-order valence-corrected chi connectivity index (χ0v) is 11.3. The third-order valence-electron chi connectivity index (χ3n) is 3.93. The highest BCUT2D eigenvalue weighted by Gasteiger charge is 2.25. The van der Waals surface area contributed by atoms with E-state index in [-0.39, 0.29) is 6.04 Å². The Kier molecular flexibility index (Phi) is 3.34. The van der Waals surface area contributed by atoms with E-state index in [1.54, 1.807) is 0 Å². The Morgan fingerprint density at radius 2 is 2.11 bits per heavy atom. The van der Waals surface area contributed by atoms with Crippen molar-refractivity contribution in [2.24, 2.45) is 5.73 Å². The summed E-state index contributed by atoms with van der Waals surface area (Å²) in [6, 6.07) is 10.8. The molecule has 1 aromatic carbocycles. The van der Waals surface area contributed by atoms with E-state index in [2.05, 4.69) is 46.0 Å². The van der Waals surface area contributed by atoms with Gasteiger partial charge in [-0.25, -0.2) is 0 Å². The standard InChI is InChI=1S/C15H20N4/c1-2-13(11-6-4-3-5-7-11)15-18-17-14-9-8-12(16)10-19(14)15/h3-7,12-13H,2,8-10,16H2,1H3. The van der Waals surface area contributed by atoms with E-state index in [4.69, 9.17) is 5.73 Å². The number of rotatable bonds is 3. The maximum absolute atomic E-state index is 6.08. The van der Waals surface area contributed by atoms with Gasteiger partial charge in [0.25, 0.3) is 0 Å². The van der Waals surface area contributed by atoms with Gasteiger partial charge in [-0.1, -0.05) is 37.3 Å². The number of hydrogen-bond acceptors (Lipinski definition) is 3. The van der Waals surface area contributed by atoms with Crippen molar-refractivity contribution < 1.29 is 0 Å². The number of benzene rings is 1.